The van der Waals surface area contributed by atoms with E-state index in [0.717, 1.165) is 5.75 Å². The number of amides is 1. The van der Waals surface area contributed by atoms with E-state index < -0.39 is 0 Å². The van der Waals surface area contributed by atoms with Gasteiger partial charge in [-0.25, -0.2) is 0 Å². The van der Waals surface area contributed by atoms with Crippen LogP contribution in [0.3, 0.4) is 0 Å². The minimum atomic E-state index is -0.313. The first kappa shape index (κ1) is 14.6. The summed E-state index contributed by atoms with van der Waals surface area (Å²) in [5, 5.41) is 2.77. The summed E-state index contributed by atoms with van der Waals surface area (Å²) in [5.74, 6) is 0.997. The number of aromatic nitrogens is 1. The molecule has 2 rings (SSSR count). The van der Waals surface area contributed by atoms with Crippen LogP contribution >= 0.6 is 0 Å². The number of pyridine rings is 1. The number of carbonyl (C=O) groups is 1. The van der Waals surface area contributed by atoms with E-state index in [1.165, 1.54) is 14.2 Å². The lowest BCUT2D eigenvalue weighted by atomic mass is 10.2. The number of anilines is 1. The highest BCUT2D eigenvalue weighted by Gasteiger charge is 2.15. The van der Waals surface area contributed by atoms with E-state index in [0.29, 0.717) is 17.1 Å². The Labute approximate surface area is 122 Å². The van der Waals surface area contributed by atoms with Crippen LogP contribution in [0, 0.1) is 0 Å². The molecule has 21 heavy (non-hydrogen) atoms. The van der Waals surface area contributed by atoms with E-state index >= 15 is 0 Å². The molecule has 0 saturated carbocycles. The van der Waals surface area contributed by atoms with E-state index in [-0.39, 0.29) is 11.8 Å². The van der Waals surface area contributed by atoms with Crippen molar-refractivity contribution in [2.24, 2.45) is 0 Å². The molecule has 110 valence electrons. The van der Waals surface area contributed by atoms with Crippen LogP contribution in [0.4, 0.5) is 5.69 Å². The normalized spacial score (nSPS) is 9.86. The van der Waals surface area contributed by atoms with Gasteiger partial charge in [-0.3, -0.25) is 4.79 Å². The minimum absolute atomic E-state index is 0.209. The second-order valence-electron chi connectivity index (χ2n) is 4.09. The van der Waals surface area contributed by atoms with E-state index in [1.54, 1.807) is 43.5 Å². The zero-order valence-electron chi connectivity index (χ0n) is 12.0. The van der Waals surface area contributed by atoms with Gasteiger partial charge < -0.3 is 19.5 Å². The van der Waals surface area contributed by atoms with Crippen molar-refractivity contribution in [3.8, 4) is 17.5 Å². The lowest BCUT2D eigenvalue weighted by Gasteiger charge is -2.10. The second-order valence-corrected chi connectivity index (χ2v) is 4.09. The van der Waals surface area contributed by atoms with E-state index in [2.05, 4.69) is 10.3 Å². The van der Waals surface area contributed by atoms with Crippen molar-refractivity contribution in [1.82, 2.24) is 4.98 Å². The summed E-state index contributed by atoms with van der Waals surface area (Å²) in [6, 6.07) is 10.2. The molecule has 2 aromatic rings. The number of carbonyl (C=O) groups excluding carboxylic acids is 1. The third-order valence-electron chi connectivity index (χ3n) is 2.83. The van der Waals surface area contributed by atoms with Gasteiger partial charge in [-0.2, -0.15) is 4.98 Å². The molecule has 1 heterocycles. The van der Waals surface area contributed by atoms with Crippen LogP contribution in [-0.4, -0.2) is 32.2 Å². The fraction of sp³-hybridized carbons (Fsp3) is 0.200. The van der Waals surface area contributed by atoms with Gasteiger partial charge in [-0.15, -0.1) is 0 Å². The standard InChI is InChI=1S/C15H16N2O4/c1-19-11-6-4-10(5-7-11)16-14(18)12-8-9-13(20-2)17-15(12)21-3/h4-9H,1-3H3,(H,16,18). The van der Waals surface area contributed by atoms with Crippen LogP contribution in [0.5, 0.6) is 17.5 Å². The molecule has 0 aliphatic carbocycles. The molecule has 6 nitrogen and oxygen atoms in total. The molecule has 0 aliphatic heterocycles. The first-order valence-corrected chi connectivity index (χ1v) is 6.22. The molecule has 1 amide bonds. The largest absolute Gasteiger partial charge is 0.497 e. The van der Waals surface area contributed by atoms with Gasteiger partial charge in [-0.05, 0) is 30.3 Å². The molecule has 0 fully saturated rings. The number of ether oxygens (including phenoxy) is 3. The molecule has 0 spiro atoms. The van der Waals surface area contributed by atoms with Crippen LogP contribution in [0.15, 0.2) is 36.4 Å². The summed E-state index contributed by atoms with van der Waals surface area (Å²) in [6.45, 7) is 0. The van der Waals surface area contributed by atoms with Crippen molar-refractivity contribution in [3.05, 3.63) is 42.0 Å². The Morgan fingerprint density at radius 1 is 0.952 bits per heavy atom. The lowest BCUT2D eigenvalue weighted by Crippen LogP contribution is -2.14. The maximum Gasteiger partial charge on any atom is 0.261 e. The first-order chi connectivity index (χ1) is 10.2. The third kappa shape index (κ3) is 3.42. The smallest absolute Gasteiger partial charge is 0.261 e. The quantitative estimate of drug-likeness (QED) is 0.914. The van der Waals surface area contributed by atoms with Crippen LogP contribution < -0.4 is 19.5 Å². The minimum Gasteiger partial charge on any atom is -0.497 e. The number of hydrogen-bond donors (Lipinski definition) is 1. The highest BCUT2D eigenvalue weighted by atomic mass is 16.5. The van der Waals surface area contributed by atoms with Gasteiger partial charge in [0.2, 0.25) is 11.8 Å². The van der Waals surface area contributed by atoms with Gasteiger partial charge >= 0.3 is 0 Å². The molecule has 1 aromatic carbocycles. The van der Waals surface area contributed by atoms with Gasteiger partial charge in [0.1, 0.15) is 11.3 Å². The molecule has 0 bridgehead atoms. The molecule has 6 heteroatoms. The van der Waals surface area contributed by atoms with Crippen LogP contribution in [0.2, 0.25) is 0 Å². The summed E-state index contributed by atoms with van der Waals surface area (Å²) in [4.78, 5) is 16.3. The molecule has 0 radical (unpaired) electrons. The van der Waals surface area contributed by atoms with Crippen LogP contribution in [-0.2, 0) is 0 Å². The topological polar surface area (TPSA) is 69.7 Å². The molecule has 0 atom stereocenters. The second kappa shape index (κ2) is 6.60. The van der Waals surface area contributed by atoms with Crippen LogP contribution in [0.25, 0.3) is 0 Å². The number of rotatable bonds is 5. The van der Waals surface area contributed by atoms with Gasteiger partial charge in [-0.1, -0.05) is 0 Å². The fourth-order valence-electron chi connectivity index (χ4n) is 1.74. The first-order valence-electron chi connectivity index (χ1n) is 6.22. The maximum atomic E-state index is 12.2. The highest BCUT2D eigenvalue weighted by Crippen LogP contribution is 2.22. The van der Waals surface area contributed by atoms with Crippen molar-refractivity contribution in [2.45, 2.75) is 0 Å². The average molecular weight is 288 g/mol. The van der Waals surface area contributed by atoms with Crippen molar-refractivity contribution in [2.75, 3.05) is 26.6 Å². The number of nitrogens with zero attached hydrogens (tertiary/aromatic N) is 1. The summed E-state index contributed by atoms with van der Waals surface area (Å²) >= 11 is 0. The van der Waals surface area contributed by atoms with E-state index in [9.17, 15) is 4.79 Å². The Balaban J connectivity index is 2.19. The fourth-order valence-corrected chi connectivity index (χ4v) is 1.74. The Kier molecular flexibility index (Phi) is 4.61. The molecule has 1 aromatic heterocycles. The van der Waals surface area contributed by atoms with Gasteiger partial charge in [0.05, 0.1) is 21.3 Å². The highest BCUT2D eigenvalue weighted by molar-refractivity contribution is 6.05. The Morgan fingerprint density at radius 3 is 2.24 bits per heavy atom. The molecule has 0 saturated heterocycles. The average Bonchev–Trinajstić information content (AvgIpc) is 2.54. The zero-order valence-corrected chi connectivity index (χ0v) is 12.0. The van der Waals surface area contributed by atoms with E-state index in [4.69, 9.17) is 14.2 Å². The number of hydrogen-bond acceptors (Lipinski definition) is 5. The van der Waals surface area contributed by atoms with Gasteiger partial charge in [0.25, 0.3) is 5.91 Å². The lowest BCUT2D eigenvalue weighted by molar-refractivity contribution is 0.102. The Bertz CT molecular complexity index is 626. The number of methoxy groups -OCH3 is 3. The van der Waals surface area contributed by atoms with Crippen molar-refractivity contribution >= 4 is 11.6 Å². The van der Waals surface area contributed by atoms with Crippen LogP contribution in [0.1, 0.15) is 10.4 Å². The predicted molar refractivity (Wildman–Crippen MR) is 78.3 cm³/mol. The summed E-state index contributed by atoms with van der Waals surface area (Å²) in [5.41, 5.74) is 0.979. The molecule has 0 unspecified atom stereocenters. The number of nitrogens with one attached hydrogen (secondary N) is 1. The summed E-state index contributed by atoms with van der Waals surface area (Å²) < 4.78 is 15.2. The van der Waals surface area contributed by atoms with Gasteiger partial charge in [0, 0.05) is 11.8 Å². The predicted octanol–water partition coefficient (Wildman–Crippen LogP) is 2.36. The monoisotopic (exact) mass is 288 g/mol. The molecule has 0 aliphatic rings. The third-order valence-corrected chi connectivity index (χ3v) is 2.83. The Hall–Kier alpha value is -2.76. The molecule has 1 N–H and O–H groups in total. The summed E-state index contributed by atoms with van der Waals surface area (Å²) in [6.07, 6.45) is 0. The SMILES string of the molecule is COc1ccc(NC(=O)c2ccc(OC)nc2OC)cc1. The summed E-state index contributed by atoms with van der Waals surface area (Å²) in [7, 11) is 4.53. The van der Waals surface area contributed by atoms with E-state index in [1.807, 2.05) is 0 Å². The number of benzene rings is 1. The van der Waals surface area contributed by atoms with Crippen molar-refractivity contribution in [1.29, 1.82) is 0 Å². The molecular formula is C15H16N2O4. The molecular weight excluding hydrogens is 272 g/mol. The Morgan fingerprint density at radius 2 is 1.67 bits per heavy atom. The zero-order chi connectivity index (χ0) is 15.2. The maximum absolute atomic E-state index is 12.2. The van der Waals surface area contributed by atoms with Crippen molar-refractivity contribution < 1.29 is 19.0 Å². The van der Waals surface area contributed by atoms with Crippen molar-refractivity contribution in [3.63, 3.8) is 0 Å². The van der Waals surface area contributed by atoms with Gasteiger partial charge in [0.15, 0.2) is 0 Å².